The Balaban J connectivity index is 1.43. The minimum absolute atomic E-state index is 0.0508. The zero-order valence-electron chi connectivity index (χ0n) is 14.7. The van der Waals surface area contributed by atoms with Crippen LogP contribution in [0.4, 0.5) is 0 Å². The number of ether oxygens (including phenoxy) is 3. The molecule has 2 unspecified atom stereocenters. The maximum Gasteiger partial charge on any atom is 0.166 e. The second-order valence-electron chi connectivity index (χ2n) is 9.22. The normalized spacial score (nSPS) is 47.1. The summed E-state index contributed by atoms with van der Waals surface area (Å²) in [7, 11) is 1.76. The van der Waals surface area contributed by atoms with Gasteiger partial charge in [0.25, 0.3) is 0 Å². The lowest BCUT2D eigenvalue weighted by atomic mass is 9.60. The molecular formula is C21H25NO3. The molecule has 2 spiro atoms. The molecule has 4 nitrogen and oxygen atoms in total. The summed E-state index contributed by atoms with van der Waals surface area (Å²) in [4.78, 5) is 0. The van der Waals surface area contributed by atoms with Gasteiger partial charge in [-0.05, 0) is 68.5 Å². The Morgan fingerprint density at radius 1 is 1.28 bits per heavy atom. The Labute approximate surface area is 148 Å². The molecule has 1 aromatic rings. The molecule has 0 amide bonds. The highest BCUT2D eigenvalue weighted by Crippen LogP contribution is 2.73. The van der Waals surface area contributed by atoms with E-state index in [4.69, 9.17) is 14.2 Å². The Morgan fingerprint density at radius 3 is 3.04 bits per heavy atom. The van der Waals surface area contributed by atoms with Crippen LogP contribution in [0.2, 0.25) is 0 Å². The third kappa shape index (κ3) is 1.36. The molecule has 6 atom stereocenters. The molecule has 4 heteroatoms. The highest BCUT2D eigenvalue weighted by molar-refractivity contribution is 5.64. The molecule has 3 heterocycles. The smallest absolute Gasteiger partial charge is 0.166 e. The van der Waals surface area contributed by atoms with E-state index >= 15 is 0 Å². The topological polar surface area (TPSA) is 39.7 Å². The molecule has 25 heavy (non-hydrogen) atoms. The van der Waals surface area contributed by atoms with E-state index in [2.05, 4.69) is 17.4 Å². The number of hydrogen-bond acceptors (Lipinski definition) is 4. The van der Waals surface area contributed by atoms with E-state index < -0.39 is 0 Å². The first-order chi connectivity index (χ1) is 12.3. The van der Waals surface area contributed by atoms with E-state index in [-0.39, 0.29) is 23.2 Å². The Kier molecular flexibility index (Phi) is 2.32. The van der Waals surface area contributed by atoms with Crippen molar-refractivity contribution in [3.8, 4) is 11.5 Å². The first kappa shape index (κ1) is 13.9. The van der Waals surface area contributed by atoms with E-state index in [9.17, 15) is 0 Å². The Morgan fingerprint density at radius 2 is 2.20 bits per heavy atom. The lowest BCUT2D eigenvalue weighted by Gasteiger charge is -2.42. The number of fused-ring (bicyclic) bond motifs is 3. The van der Waals surface area contributed by atoms with Crippen molar-refractivity contribution in [2.75, 3.05) is 13.7 Å². The first-order valence-corrected chi connectivity index (χ1v) is 10.0. The van der Waals surface area contributed by atoms with Crippen LogP contribution in [-0.4, -0.2) is 37.5 Å². The number of rotatable bonds is 4. The van der Waals surface area contributed by atoms with Gasteiger partial charge in [0.05, 0.1) is 24.2 Å². The van der Waals surface area contributed by atoms with Crippen molar-refractivity contribution in [1.82, 2.24) is 5.32 Å². The maximum atomic E-state index is 6.81. The van der Waals surface area contributed by atoms with Gasteiger partial charge in [-0.2, -0.15) is 0 Å². The molecule has 6 aliphatic rings. The van der Waals surface area contributed by atoms with E-state index in [1.165, 1.54) is 43.4 Å². The van der Waals surface area contributed by atoms with E-state index in [1.807, 2.05) is 0 Å². The first-order valence-electron chi connectivity index (χ1n) is 10.0. The van der Waals surface area contributed by atoms with Crippen molar-refractivity contribution < 1.29 is 14.2 Å². The summed E-state index contributed by atoms with van der Waals surface area (Å²) < 4.78 is 19.1. The van der Waals surface area contributed by atoms with Gasteiger partial charge in [-0.3, -0.25) is 0 Å². The zero-order valence-corrected chi connectivity index (χ0v) is 14.7. The summed E-state index contributed by atoms with van der Waals surface area (Å²) in [5, 5.41) is 3.99. The van der Waals surface area contributed by atoms with E-state index in [0.29, 0.717) is 12.0 Å². The van der Waals surface area contributed by atoms with Crippen molar-refractivity contribution in [1.29, 1.82) is 0 Å². The molecule has 2 saturated heterocycles. The Hall–Kier alpha value is -1.26. The van der Waals surface area contributed by atoms with Crippen LogP contribution in [0.25, 0.3) is 0 Å². The number of hydrogen-bond donors (Lipinski definition) is 1. The second-order valence-corrected chi connectivity index (χ2v) is 9.22. The second kappa shape index (κ2) is 4.17. The molecule has 0 aromatic heterocycles. The van der Waals surface area contributed by atoms with Crippen LogP contribution >= 0.6 is 0 Å². The minimum Gasteiger partial charge on any atom is -0.493 e. The van der Waals surface area contributed by atoms with Crippen molar-refractivity contribution in [2.24, 2.45) is 11.8 Å². The lowest BCUT2D eigenvalue weighted by molar-refractivity contribution is -0.0315. The number of benzene rings is 1. The fourth-order valence-corrected chi connectivity index (χ4v) is 7.27. The van der Waals surface area contributed by atoms with E-state index in [0.717, 1.165) is 30.3 Å². The van der Waals surface area contributed by atoms with Crippen molar-refractivity contribution in [2.45, 2.75) is 67.8 Å². The predicted octanol–water partition coefficient (Wildman–Crippen LogP) is 2.57. The van der Waals surface area contributed by atoms with E-state index in [1.54, 1.807) is 7.11 Å². The molecule has 4 bridgehead atoms. The van der Waals surface area contributed by atoms with Crippen LogP contribution in [0.5, 0.6) is 11.5 Å². The summed E-state index contributed by atoms with van der Waals surface area (Å²) >= 11 is 0. The fraction of sp³-hybridized carbons (Fsp3) is 0.714. The summed E-state index contributed by atoms with van der Waals surface area (Å²) in [6.07, 6.45) is 7.97. The van der Waals surface area contributed by atoms with Gasteiger partial charge in [0.1, 0.15) is 6.10 Å². The van der Waals surface area contributed by atoms with Crippen LogP contribution in [0.3, 0.4) is 0 Å². The van der Waals surface area contributed by atoms with Crippen LogP contribution < -0.4 is 14.8 Å². The zero-order chi connectivity index (χ0) is 16.4. The molecular weight excluding hydrogens is 314 g/mol. The molecule has 4 fully saturated rings. The summed E-state index contributed by atoms with van der Waals surface area (Å²) in [6.45, 7) is 1.17. The number of methoxy groups -OCH3 is 1. The van der Waals surface area contributed by atoms with Crippen molar-refractivity contribution in [3.63, 3.8) is 0 Å². The molecule has 3 aliphatic heterocycles. The van der Waals surface area contributed by atoms with Crippen molar-refractivity contribution in [3.05, 3.63) is 23.3 Å². The molecule has 1 aromatic carbocycles. The Bertz CT molecular complexity index is 790. The van der Waals surface area contributed by atoms with Crippen LogP contribution in [0.15, 0.2) is 12.1 Å². The maximum absolute atomic E-state index is 6.81. The molecule has 1 N–H and O–H groups in total. The van der Waals surface area contributed by atoms with Gasteiger partial charge >= 0.3 is 0 Å². The molecule has 0 radical (unpaired) electrons. The third-order valence-corrected chi connectivity index (χ3v) is 8.22. The fourth-order valence-electron chi connectivity index (χ4n) is 7.27. The van der Waals surface area contributed by atoms with Crippen LogP contribution in [0, 0.1) is 11.8 Å². The molecule has 132 valence electrons. The van der Waals surface area contributed by atoms with Crippen LogP contribution in [-0.2, 0) is 16.6 Å². The molecule has 3 aliphatic carbocycles. The SMILES string of the molecule is COc1ccc2c3c1O[C@@H]1[C@@H]4CC[C@]5(O4)C(NCC4CC4)C(C2)C[C@@]315. The quantitative estimate of drug-likeness (QED) is 0.915. The average Bonchev–Trinajstić information content (AvgIpc) is 3.06. The van der Waals surface area contributed by atoms with Gasteiger partial charge in [-0.15, -0.1) is 0 Å². The summed E-state index contributed by atoms with van der Waals surface area (Å²) in [5.74, 6) is 3.52. The average molecular weight is 339 g/mol. The highest BCUT2D eigenvalue weighted by atomic mass is 16.6. The van der Waals surface area contributed by atoms with Crippen molar-refractivity contribution >= 4 is 0 Å². The van der Waals surface area contributed by atoms with Gasteiger partial charge in [-0.1, -0.05) is 6.07 Å². The minimum atomic E-state index is -0.0508. The van der Waals surface area contributed by atoms with Gasteiger partial charge < -0.3 is 19.5 Å². The summed E-state index contributed by atoms with van der Waals surface area (Å²) in [6, 6.07) is 4.88. The standard InChI is InChI=1S/C21H25NO3/c1-23-14-5-4-12-8-13-9-20-16(12)17(14)24-19(20)15-6-7-21(20,25-15)18(13)22-10-11-2-3-11/h4-5,11,13,15,18-19,22H,2-3,6-10H2,1H3/t13?,15-,18?,19+,20+,21-/m0/s1. The molecule has 7 rings (SSSR count). The highest BCUT2D eigenvalue weighted by Gasteiger charge is 2.81. The van der Waals surface area contributed by atoms with Crippen LogP contribution in [0.1, 0.15) is 43.2 Å². The third-order valence-electron chi connectivity index (χ3n) is 8.22. The van der Waals surface area contributed by atoms with Gasteiger partial charge in [0.2, 0.25) is 0 Å². The monoisotopic (exact) mass is 339 g/mol. The van der Waals surface area contributed by atoms with Gasteiger partial charge in [0, 0.05) is 11.6 Å². The number of nitrogens with one attached hydrogen (secondary N) is 1. The van der Waals surface area contributed by atoms with Gasteiger partial charge in [-0.25, -0.2) is 0 Å². The largest absolute Gasteiger partial charge is 0.493 e. The summed E-state index contributed by atoms with van der Waals surface area (Å²) in [5.41, 5.74) is 2.95. The lowest BCUT2D eigenvalue weighted by Crippen LogP contribution is -2.58. The van der Waals surface area contributed by atoms with Gasteiger partial charge in [0.15, 0.2) is 11.5 Å². The molecule has 2 saturated carbocycles. The predicted molar refractivity (Wildman–Crippen MR) is 92.3 cm³/mol.